The summed E-state index contributed by atoms with van der Waals surface area (Å²) in [5.41, 5.74) is 1.14. The van der Waals surface area contributed by atoms with Crippen LogP contribution < -0.4 is 10.1 Å². The predicted octanol–water partition coefficient (Wildman–Crippen LogP) is 2.63. The average molecular weight is 266 g/mol. The summed E-state index contributed by atoms with van der Waals surface area (Å²) in [6, 6.07) is 2.00. The molecule has 108 valence electrons. The molecule has 0 saturated heterocycles. The van der Waals surface area contributed by atoms with E-state index >= 15 is 0 Å². The van der Waals surface area contributed by atoms with Crippen LogP contribution in [-0.2, 0) is 11.3 Å². The van der Waals surface area contributed by atoms with E-state index in [0.29, 0.717) is 19.1 Å². The van der Waals surface area contributed by atoms with Crippen LogP contribution in [0.25, 0.3) is 0 Å². The molecule has 0 amide bonds. The predicted molar refractivity (Wildman–Crippen MR) is 77.4 cm³/mol. The molecule has 0 fully saturated rings. The van der Waals surface area contributed by atoms with Crippen LogP contribution >= 0.6 is 0 Å². The highest BCUT2D eigenvalue weighted by Crippen LogP contribution is 2.16. The van der Waals surface area contributed by atoms with E-state index in [-0.39, 0.29) is 0 Å². The minimum atomic E-state index is 0.572. The minimum Gasteiger partial charge on any atom is -0.489 e. The average Bonchev–Trinajstić information content (AvgIpc) is 2.40. The molecule has 0 aliphatic rings. The first kappa shape index (κ1) is 15.9. The van der Waals surface area contributed by atoms with Crippen molar-refractivity contribution in [3.8, 4) is 5.75 Å². The molecule has 0 spiro atoms. The largest absolute Gasteiger partial charge is 0.489 e. The zero-order valence-electron chi connectivity index (χ0n) is 12.3. The smallest absolute Gasteiger partial charge is 0.142 e. The van der Waals surface area contributed by atoms with Gasteiger partial charge >= 0.3 is 0 Å². The van der Waals surface area contributed by atoms with Gasteiger partial charge in [0.25, 0.3) is 0 Å². The van der Waals surface area contributed by atoms with Crippen molar-refractivity contribution < 1.29 is 9.47 Å². The Morgan fingerprint density at radius 1 is 1.26 bits per heavy atom. The molecule has 0 bridgehead atoms. The SMILES string of the molecule is CCCOCCOc1cnccc1CNCC(C)C. The molecule has 1 N–H and O–H groups in total. The van der Waals surface area contributed by atoms with E-state index in [0.717, 1.165) is 37.4 Å². The fourth-order valence-electron chi connectivity index (χ4n) is 1.64. The Hall–Kier alpha value is -1.13. The maximum Gasteiger partial charge on any atom is 0.142 e. The Kier molecular flexibility index (Phi) is 8.18. The molecule has 0 atom stereocenters. The van der Waals surface area contributed by atoms with Crippen LogP contribution in [-0.4, -0.2) is 31.3 Å². The van der Waals surface area contributed by atoms with Gasteiger partial charge in [-0.1, -0.05) is 20.8 Å². The number of nitrogens with one attached hydrogen (secondary N) is 1. The van der Waals surface area contributed by atoms with Gasteiger partial charge in [0, 0.05) is 24.9 Å². The van der Waals surface area contributed by atoms with Gasteiger partial charge in [-0.05, 0) is 24.9 Å². The Balaban J connectivity index is 2.35. The first-order valence-corrected chi connectivity index (χ1v) is 7.08. The van der Waals surface area contributed by atoms with Crippen molar-refractivity contribution in [3.63, 3.8) is 0 Å². The molecule has 0 unspecified atom stereocenters. The Morgan fingerprint density at radius 3 is 2.84 bits per heavy atom. The van der Waals surface area contributed by atoms with Crippen LogP contribution in [0.1, 0.15) is 32.8 Å². The topological polar surface area (TPSA) is 43.4 Å². The number of ether oxygens (including phenoxy) is 2. The van der Waals surface area contributed by atoms with Crippen LogP contribution in [0.5, 0.6) is 5.75 Å². The molecule has 4 heteroatoms. The van der Waals surface area contributed by atoms with Gasteiger partial charge in [-0.3, -0.25) is 4.98 Å². The molecule has 0 aliphatic carbocycles. The molecular weight excluding hydrogens is 240 g/mol. The van der Waals surface area contributed by atoms with Crippen molar-refractivity contribution in [2.24, 2.45) is 5.92 Å². The second-order valence-electron chi connectivity index (χ2n) is 4.97. The van der Waals surface area contributed by atoms with Crippen molar-refractivity contribution >= 4 is 0 Å². The van der Waals surface area contributed by atoms with Gasteiger partial charge in [-0.15, -0.1) is 0 Å². The molecule has 1 aromatic rings. The summed E-state index contributed by atoms with van der Waals surface area (Å²) in [7, 11) is 0. The molecule has 0 aliphatic heterocycles. The molecule has 4 nitrogen and oxygen atoms in total. The number of hydrogen-bond acceptors (Lipinski definition) is 4. The molecule has 0 saturated carbocycles. The number of nitrogens with zero attached hydrogens (tertiary/aromatic N) is 1. The fraction of sp³-hybridized carbons (Fsp3) is 0.667. The highest BCUT2D eigenvalue weighted by molar-refractivity contribution is 5.29. The summed E-state index contributed by atoms with van der Waals surface area (Å²) in [6.07, 6.45) is 4.61. The van der Waals surface area contributed by atoms with Crippen molar-refractivity contribution in [1.29, 1.82) is 0 Å². The van der Waals surface area contributed by atoms with E-state index in [4.69, 9.17) is 9.47 Å². The van der Waals surface area contributed by atoms with Crippen LogP contribution in [0.3, 0.4) is 0 Å². The third-order valence-electron chi connectivity index (χ3n) is 2.57. The maximum atomic E-state index is 5.71. The number of rotatable bonds is 10. The third-order valence-corrected chi connectivity index (χ3v) is 2.57. The van der Waals surface area contributed by atoms with Crippen molar-refractivity contribution in [2.75, 3.05) is 26.4 Å². The van der Waals surface area contributed by atoms with Gasteiger partial charge in [0.15, 0.2) is 0 Å². The molecule has 19 heavy (non-hydrogen) atoms. The van der Waals surface area contributed by atoms with Gasteiger partial charge in [0.2, 0.25) is 0 Å². The van der Waals surface area contributed by atoms with Crippen LogP contribution in [0, 0.1) is 5.92 Å². The maximum absolute atomic E-state index is 5.71. The molecule has 1 heterocycles. The lowest BCUT2D eigenvalue weighted by Gasteiger charge is -2.12. The summed E-state index contributed by atoms with van der Waals surface area (Å²) < 4.78 is 11.1. The van der Waals surface area contributed by atoms with Gasteiger partial charge in [-0.2, -0.15) is 0 Å². The van der Waals surface area contributed by atoms with Crippen LogP contribution in [0.4, 0.5) is 0 Å². The molecule has 1 rings (SSSR count). The van der Waals surface area contributed by atoms with Gasteiger partial charge in [0.1, 0.15) is 12.4 Å². The summed E-state index contributed by atoms with van der Waals surface area (Å²) in [5.74, 6) is 1.49. The van der Waals surface area contributed by atoms with E-state index < -0.39 is 0 Å². The molecular formula is C15H26N2O2. The summed E-state index contributed by atoms with van der Waals surface area (Å²) >= 11 is 0. The number of hydrogen-bond donors (Lipinski definition) is 1. The van der Waals surface area contributed by atoms with Crippen LogP contribution in [0.2, 0.25) is 0 Å². The zero-order chi connectivity index (χ0) is 13.9. The minimum absolute atomic E-state index is 0.572. The second kappa shape index (κ2) is 9.75. The van der Waals surface area contributed by atoms with E-state index in [1.165, 1.54) is 0 Å². The van der Waals surface area contributed by atoms with E-state index in [9.17, 15) is 0 Å². The van der Waals surface area contributed by atoms with E-state index in [1.807, 2.05) is 6.07 Å². The van der Waals surface area contributed by atoms with E-state index in [1.54, 1.807) is 12.4 Å². The summed E-state index contributed by atoms with van der Waals surface area (Å²) in [5, 5.41) is 3.41. The standard InChI is InChI=1S/C15H26N2O2/c1-4-7-18-8-9-19-15-12-16-6-5-14(15)11-17-10-13(2)3/h5-6,12-13,17H,4,7-11H2,1-3H3. The van der Waals surface area contributed by atoms with Gasteiger partial charge < -0.3 is 14.8 Å². The third kappa shape index (κ3) is 7.13. The summed E-state index contributed by atoms with van der Waals surface area (Å²) in [6.45, 7) is 10.3. The second-order valence-corrected chi connectivity index (χ2v) is 4.97. The van der Waals surface area contributed by atoms with Crippen LogP contribution in [0.15, 0.2) is 18.5 Å². The first-order valence-electron chi connectivity index (χ1n) is 7.08. The monoisotopic (exact) mass is 266 g/mol. The number of pyridine rings is 1. The molecule has 0 aromatic carbocycles. The Morgan fingerprint density at radius 2 is 2.11 bits per heavy atom. The lowest BCUT2D eigenvalue weighted by Crippen LogP contribution is -2.19. The highest BCUT2D eigenvalue weighted by Gasteiger charge is 2.03. The Labute approximate surface area is 116 Å². The normalized spacial score (nSPS) is 10.9. The lowest BCUT2D eigenvalue weighted by molar-refractivity contribution is 0.100. The molecule has 0 radical (unpaired) electrons. The van der Waals surface area contributed by atoms with Crippen molar-refractivity contribution in [1.82, 2.24) is 10.3 Å². The molecule has 1 aromatic heterocycles. The van der Waals surface area contributed by atoms with E-state index in [2.05, 4.69) is 31.1 Å². The van der Waals surface area contributed by atoms with Crippen molar-refractivity contribution in [3.05, 3.63) is 24.0 Å². The Bertz CT molecular complexity index is 343. The fourth-order valence-corrected chi connectivity index (χ4v) is 1.64. The van der Waals surface area contributed by atoms with Gasteiger partial charge in [-0.25, -0.2) is 0 Å². The van der Waals surface area contributed by atoms with Gasteiger partial charge in [0.05, 0.1) is 12.8 Å². The lowest BCUT2D eigenvalue weighted by atomic mass is 10.2. The van der Waals surface area contributed by atoms with Crippen molar-refractivity contribution in [2.45, 2.75) is 33.7 Å². The highest BCUT2D eigenvalue weighted by atomic mass is 16.5. The summed E-state index contributed by atoms with van der Waals surface area (Å²) in [4.78, 5) is 4.11. The number of aromatic nitrogens is 1. The zero-order valence-corrected chi connectivity index (χ0v) is 12.3. The quantitative estimate of drug-likeness (QED) is 0.661. The first-order chi connectivity index (χ1) is 9.24.